The Kier molecular flexibility index (Phi) is 4.96. The second-order valence-electron chi connectivity index (χ2n) is 5.06. The Morgan fingerprint density at radius 2 is 2.00 bits per heavy atom. The minimum absolute atomic E-state index is 0.00395. The van der Waals surface area contributed by atoms with Crippen LogP contribution in [0.2, 0.25) is 0 Å². The van der Waals surface area contributed by atoms with Crippen molar-refractivity contribution in [2.75, 3.05) is 25.6 Å². The number of para-hydroxylation sites is 1. The summed E-state index contributed by atoms with van der Waals surface area (Å²) in [6.07, 6.45) is 0. The molecule has 0 saturated carbocycles. The topological polar surface area (TPSA) is 60.5 Å². The molecule has 3 rings (SSSR count). The molecular weight excluding hydrogens is 324 g/mol. The number of nitrogens with zero attached hydrogens (tertiary/aromatic N) is 1. The van der Waals surface area contributed by atoms with Crippen molar-refractivity contribution >= 4 is 32.5 Å². The first kappa shape index (κ1) is 16.3. The Bertz CT molecular complexity index is 843. The van der Waals surface area contributed by atoms with Crippen molar-refractivity contribution in [3.63, 3.8) is 0 Å². The smallest absolute Gasteiger partial charge is 0.184 e. The lowest BCUT2D eigenvalue weighted by Crippen LogP contribution is -2.13. The van der Waals surface area contributed by atoms with Gasteiger partial charge in [0.1, 0.15) is 17.0 Å². The summed E-state index contributed by atoms with van der Waals surface area (Å²) in [5, 5.41) is 3.80. The van der Waals surface area contributed by atoms with Gasteiger partial charge in [0.15, 0.2) is 10.9 Å². The van der Waals surface area contributed by atoms with E-state index in [1.54, 1.807) is 31.4 Å². The third-order valence-corrected chi connectivity index (χ3v) is 4.47. The first-order chi connectivity index (χ1) is 11.7. The molecule has 0 unspecified atom stereocenters. The molecule has 0 aliphatic rings. The molecule has 124 valence electrons. The first-order valence-corrected chi connectivity index (χ1v) is 8.46. The number of thiazole rings is 1. The van der Waals surface area contributed by atoms with E-state index in [1.807, 2.05) is 25.1 Å². The van der Waals surface area contributed by atoms with Gasteiger partial charge < -0.3 is 14.8 Å². The second kappa shape index (κ2) is 7.31. The summed E-state index contributed by atoms with van der Waals surface area (Å²) in [7, 11) is 1.62. The molecule has 1 N–H and O–H groups in total. The van der Waals surface area contributed by atoms with Crippen LogP contribution < -0.4 is 14.8 Å². The molecule has 5 nitrogen and oxygen atoms in total. The molecule has 0 atom stereocenters. The number of ketones is 1. The Morgan fingerprint density at radius 1 is 1.21 bits per heavy atom. The number of Topliss-reactive ketones (excluding diaryl/α,β-unsaturated/α-hetero) is 1. The molecule has 0 radical (unpaired) electrons. The highest BCUT2D eigenvalue weighted by molar-refractivity contribution is 7.22. The molecule has 0 aliphatic carbocycles. The van der Waals surface area contributed by atoms with Crippen molar-refractivity contribution in [3.8, 4) is 11.5 Å². The number of aromatic nitrogens is 1. The van der Waals surface area contributed by atoms with Gasteiger partial charge in [0.2, 0.25) is 0 Å². The van der Waals surface area contributed by atoms with E-state index in [2.05, 4.69) is 10.3 Å². The third kappa shape index (κ3) is 3.49. The van der Waals surface area contributed by atoms with Crippen LogP contribution in [0.5, 0.6) is 11.5 Å². The predicted molar refractivity (Wildman–Crippen MR) is 96.6 cm³/mol. The number of rotatable bonds is 7. The number of anilines is 1. The molecule has 0 bridgehead atoms. The van der Waals surface area contributed by atoms with E-state index in [9.17, 15) is 4.79 Å². The van der Waals surface area contributed by atoms with Gasteiger partial charge >= 0.3 is 0 Å². The monoisotopic (exact) mass is 342 g/mol. The predicted octanol–water partition coefficient (Wildman–Crippen LogP) is 4.00. The number of carbonyl (C=O) groups is 1. The lowest BCUT2D eigenvalue weighted by Gasteiger charge is -2.05. The Balaban J connectivity index is 1.67. The van der Waals surface area contributed by atoms with Crippen LogP contribution in [0.25, 0.3) is 10.2 Å². The zero-order valence-electron chi connectivity index (χ0n) is 13.5. The van der Waals surface area contributed by atoms with E-state index in [-0.39, 0.29) is 12.3 Å². The van der Waals surface area contributed by atoms with Gasteiger partial charge in [-0.05, 0) is 43.3 Å². The summed E-state index contributed by atoms with van der Waals surface area (Å²) < 4.78 is 11.7. The van der Waals surface area contributed by atoms with Gasteiger partial charge in [0.25, 0.3) is 0 Å². The number of carbonyl (C=O) groups excluding carboxylic acids is 1. The minimum atomic E-state index is 0.00395. The minimum Gasteiger partial charge on any atom is -0.494 e. The van der Waals surface area contributed by atoms with E-state index in [4.69, 9.17) is 9.47 Å². The van der Waals surface area contributed by atoms with Crippen LogP contribution in [0.3, 0.4) is 0 Å². The molecule has 0 spiro atoms. The molecular formula is C18H18N2O3S. The van der Waals surface area contributed by atoms with Crippen LogP contribution in [0.1, 0.15) is 17.3 Å². The number of benzene rings is 2. The van der Waals surface area contributed by atoms with Crippen LogP contribution in [0, 0.1) is 0 Å². The van der Waals surface area contributed by atoms with Crippen molar-refractivity contribution < 1.29 is 14.3 Å². The fraction of sp³-hybridized carbons (Fsp3) is 0.222. The van der Waals surface area contributed by atoms with Gasteiger partial charge in [0, 0.05) is 5.56 Å². The zero-order chi connectivity index (χ0) is 16.9. The third-order valence-electron chi connectivity index (χ3n) is 3.49. The maximum atomic E-state index is 12.3. The van der Waals surface area contributed by atoms with Crippen molar-refractivity contribution in [2.24, 2.45) is 0 Å². The summed E-state index contributed by atoms with van der Waals surface area (Å²) in [4.78, 5) is 16.8. The maximum absolute atomic E-state index is 12.3. The largest absolute Gasteiger partial charge is 0.494 e. The van der Waals surface area contributed by atoms with Gasteiger partial charge in [-0.25, -0.2) is 4.98 Å². The normalized spacial score (nSPS) is 10.6. The molecule has 3 aromatic rings. The molecule has 1 aromatic heterocycles. The van der Waals surface area contributed by atoms with Crippen LogP contribution >= 0.6 is 11.3 Å². The quantitative estimate of drug-likeness (QED) is 0.658. The molecule has 24 heavy (non-hydrogen) atoms. The van der Waals surface area contributed by atoms with Crippen molar-refractivity contribution in [1.82, 2.24) is 4.98 Å². The summed E-state index contributed by atoms with van der Waals surface area (Å²) >= 11 is 1.50. The van der Waals surface area contributed by atoms with Crippen LogP contribution in [0.15, 0.2) is 42.5 Å². The van der Waals surface area contributed by atoms with Gasteiger partial charge in [-0.3, -0.25) is 4.79 Å². The van der Waals surface area contributed by atoms with Crippen molar-refractivity contribution in [1.29, 1.82) is 0 Å². The summed E-state index contributed by atoms with van der Waals surface area (Å²) in [5.74, 6) is 1.50. The molecule has 0 fully saturated rings. The lowest BCUT2D eigenvalue weighted by atomic mass is 10.1. The van der Waals surface area contributed by atoms with Crippen molar-refractivity contribution in [3.05, 3.63) is 48.0 Å². The summed E-state index contributed by atoms with van der Waals surface area (Å²) in [5.41, 5.74) is 1.45. The average molecular weight is 342 g/mol. The van der Waals surface area contributed by atoms with Gasteiger partial charge in [-0.2, -0.15) is 0 Å². The van der Waals surface area contributed by atoms with Crippen molar-refractivity contribution in [2.45, 2.75) is 6.92 Å². The maximum Gasteiger partial charge on any atom is 0.184 e. The number of fused-ring (bicyclic) bond motifs is 1. The highest BCUT2D eigenvalue weighted by Gasteiger charge is 2.10. The molecule has 0 amide bonds. The summed E-state index contributed by atoms with van der Waals surface area (Å²) in [6, 6.07) is 12.9. The molecule has 1 heterocycles. The van der Waals surface area contributed by atoms with E-state index in [0.717, 1.165) is 21.7 Å². The molecule has 0 aliphatic heterocycles. The fourth-order valence-electron chi connectivity index (χ4n) is 2.33. The summed E-state index contributed by atoms with van der Waals surface area (Å²) in [6.45, 7) is 2.72. The zero-order valence-corrected chi connectivity index (χ0v) is 14.4. The molecule has 0 saturated heterocycles. The number of methoxy groups -OCH3 is 1. The molecule has 6 heteroatoms. The van der Waals surface area contributed by atoms with Crippen LogP contribution in [0.4, 0.5) is 5.13 Å². The van der Waals surface area contributed by atoms with E-state index >= 15 is 0 Å². The van der Waals surface area contributed by atoms with E-state index < -0.39 is 0 Å². The SMILES string of the molecule is CCOc1ccc(C(=O)CNc2nc3c(OC)cccc3s2)cc1. The van der Waals surface area contributed by atoms with Gasteiger partial charge in [0.05, 0.1) is 25.0 Å². The van der Waals surface area contributed by atoms with Crippen LogP contribution in [-0.2, 0) is 0 Å². The van der Waals surface area contributed by atoms with Crippen LogP contribution in [-0.4, -0.2) is 31.0 Å². The number of hydrogen-bond donors (Lipinski definition) is 1. The standard InChI is InChI=1S/C18H18N2O3S/c1-3-23-13-9-7-12(8-10-13)14(21)11-19-18-20-17-15(22-2)5-4-6-16(17)24-18/h4-10H,3,11H2,1-2H3,(H,19,20). The first-order valence-electron chi connectivity index (χ1n) is 7.64. The van der Waals surface area contributed by atoms with E-state index in [1.165, 1.54) is 11.3 Å². The van der Waals surface area contributed by atoms with E-state index in [0.29, 0.717) is 17.3 Å². The highest BCUT2D eigenvalue weighted by atomic mass is 32.1. The Labute approximate surface area is 144 Å². The number of hydrogen-bond acceptors (Lipinski definition) is 6. The lowest BCUT2D eigenvalue weighted by molar-refractivity contribution is 0.101. The fourth-order valence-corrected chi connectivity index (χ4v) is 3.20. The Hall–Kier alpha value is -2.60. The van der Waals surface area contributed by atoms with Gasteiger partial charge in [-0.15, -0.1) is 0 Å². The Morgan fingerprint density at radius 3 is 2.71 bits per heavy atom. The average Bonchev–Trinajstić information content (AvgIpc) is 3.03. The number of ether oxygens (including phenoxy) is 2. The number of nitrogens with one attached hydrogen (secondary N) is 1. The van der Waals surface area contributed by atoms with Gasteiger partial charge in [-0.1, -0.05) is 17.4 Å². The second-order valence-corrected chi connectivity index (χ2v) is 6.09. The highest BCUT2D eigenvalue weighted by Crippen LogP contribution is 2.31. The molecule has 2 aromatic carbocycles.